The average Bonchev–Trinajstić information content (AvgIpc) is 2.31. The Morgan fingerprint density at radius 2 is 2.20 bits per heavy atom. The summed E-state index contributed by atoms with van der Waals surface area (Å²) < 4.78 is 0. The van der Waals surface area contributed by atoms with Gasteiger partial charge in [-0.1, -0.05) is 25.1 Å². The Morgan fingerprint density at radius 1 is 1.40 bits per heavy atom. The van der Waals surface area contributed by atoms with Crippen LogP contribution in [0.25, 0.3) is 0 Å². The second kappa shape index (κ2) is 5.29. The van der Waals surface area contributed by atoms with Gasteiger partial charge in [-0.25, -0.2) is 0 Å². The number of hydrogen-bond donors (Lipinski definition) is 1. The molecule has 1 radical (unpaired) electrons. The summed E-state index contributed by atoms with van der Waals surface area (Å²) in [4.78, 5) is 2.50. The van der Waals surface area contributed by atoms with Gasteiger partial charge in [-0.15, -0.1) is 0 Å². The Morgan fingerprint density at radius 3 is 2.93 bits per heavy atom. The molecule has 1 saturated heterocycles. The third-order valence-electron chi connectivity index (χ3n) is 3.01. The molecule has 1 heterocycles. The van der Waals surface area contributed by atoms with E-state index in [0.717, 1.165) is 39.1 Å². The second-order valence-electron chi connectivity index (χ2n) is 4.05. The van der Waals surface area contributed by atoms with Crippen LogP contribution in [0.4, 0.5) is 0 Å². The van der Waals surface area contributed by atoms with Crippen molar-refractivity contribution in [1.29, 1.82) is 0 Å². The van der Waals surface area contributed by atoms with Gasteiger partial charge in [-0.05, 0) is 23.6 Å². The highest BCUT2D eigenvalue weighted by molar-refractivity contribution is 5.25. The maximum absolute atomic E-state index is 3.38. The zero-order valence-electron chi connectivity index (χ0n) is 9.42. The zero-order valence-corrected chi connectivity index (χ0v) is 9.42. The first kappa shape index (κ1) is 10.7. The van der Waals surface area contributed by atoms with E-state index in [1.54, 1.807) is 0 Å². The Bertz CT molecular complexity index is 303. The molecular formula is C13H19N2. The molecule has 1 N–H and O–H groups in total. The van der Waals surface area contributed by atoms with Gasteiger partial charge in [0.05, 0.1) is 0 Å². The molecule has 0 spiro atoms. The molecule has 0 atom stereocenters. The van der Waals surface area contributed by atoms with E-state index in [9.17, 15) is 0 Å². The van der Waals surface area contributed by atoms with Crippen molar-refractivity contribution in [2.24, 2.45) is 0 Å². The Balaban J connectivity index is 2.02. The quantitative estimate of drug-likeness (QED) is 0.800. The SMILES string of the molecule is CCc1ccc[c]c1CN1CCNCC1. The Hall–Kier alpha value is -0.860. The van der Waals surface area contributed by atoms with Crippen LogP contribution < -0.4 is 5.32 Å². The van der Waals surface area contributed by atoms with Gasteiger partial charge in [0.15, 0.2) is 0 Å². The second-order valence-corrected chi connectivity index (χ2v) is 4.05. The fraction of sp³-hybridized carbons (Fsp3) is 0.538. The molecular weight excluding hydrogens is 184 g/mol. The molecule has 0 amide bonds. The zero-order chi connectivity index (χ0) is 10.5. The summed E-state index contributed by atoms with van der Waals surface area (Å²) in [6.45, 7) is 7.83. The highest BCUT2D eigenvalue weighted by atomic mass is 15.2. The lowest BCUT2D eigenvalue weighted by molar-refractivity contribution is 0.232. The van der Waals surface area contributed by atoms with Crippen molar-refractivity contribution >= 4 is 0 Å². The first-order valence-corrected chi connectivity index (χ1v) is 5.81. The van der Waals surface area contributed by atoms with E-state index in [0.29, 0.717) is 0 Å². The van der Waals surface area contributed by atoms with Crippen molar-refractivity contribution in [3.63, 3.8) is 0 Å². The molecule has 1 fully saturated rings. The van der Waals surface area contributed by atoms with Crippen LogP contribution in [-0.4, -0.2) is 31.1 Å². The summed E-state index contributed by atoms with van der Waals surface area (Å²) in [5.41, 5.74) is 2.82. The topological polar surface area (TPSA) is 15.3 Å². The molecule has 0 saturated carbocycles. The van der Waals surface area contributed by atoms with Crippen LogP contribution in [0.1, 0.15) is 18.1 Å². The first-order valence-electron chi connectivity index (χ1n) is 5.81. The van der Waals surface area contributed by atoms with Crippen LogP contribution in [0.3, 0.4) is 0 Å². The predicted octanol–water partition coefficient (Wildman–Crippen LogP) is 1.45. The molecule has 15 heavy (non-hydrogen) atoms. The third kappa shape index (κ3) is 2.80. The number of piperazine rings is 1. The molecule has 2 rings (SSSR count). The normalized spacial score (nSPS) is 17.9. The van der Waals surface area contributed by atoms with E-state index < -0.39 is 0 Å². The number of benzene rings is 1. The van der Waals surface area contributed by atoms with Crippen molar-refractivity contribution in [3.8, 4) is 0 Å². The fourth-order valence-corrected chi connectivity index (χ4v) is 2.08. The maximum atomic E-state index is 3.38. The summed E-state index contributed by atoms with van der Waals surface area (Å²) in [6.07, 6.45) is 1.11. The fourth-order valence-electron chi connectivity index (χ4n) is 2.08. The predicted molar refractivity (Wildman–Crippen MR) is 62.8 cm³/mol. The van der Waals surface area contributed by atoms with E-state index in [1.807, 2.05) is 6.07 Å². The number of hydrogen-bond acceptors (Lipinski definition) is 2. The lowest BCUT2D eigenvalue weighted by atomic mass is 10.0. The van der Waals surface area contributed by atoms with E-state index in [1.165, 1.54) is 11.1 Å². The van der Waals surface area contributed by atoms with Gasteiger partial charge in [0, 0.05) is 32.7 Å². The van der Waals surface area contributed by atoms with E-state index >= 15 is 0 Å². The number of nitrogens with zero attached hydrogens (tertiary/aromatic N) is 1. The summed E-state index contributed by atoms with van der Waals surface area (Å²) in [5, 5.41) is 3.38. The van der Waals surface area contributed by atoms with Gasteiger partial charge in [0.1, 0.15) is 0 Å². The first-order chi connectivity index (χ1) is 7.40. The van der Waals surface area contributed by atoms with Crippen molar-refractivity contribution in [2.75, 3.05) is 26.2 Å². The molecule has 0 aromatic heterocycles. The van der Waals surface area contributed by atoms with Crippen LogP contribution in [0.5, 0.6) is 0 Å². The summed E-state index contributed by atoms with van der Waals surface area (Å²) in [6, 6.07) is 9.70. The van der Waals surface area contributed by atoms with Crippen molar-refractivity contribution in [1.82, 2.24) is 10.2 Å². The molecule has 1 aliphatic rings. The van der Waals surface area contributed by atoms with Gasteiger partial charge >= 0.3 is 0 Å². The molecule has 2 heteroatoms. The monoisotopic (exact) mass is 203 g/mol. The van der Waals surface area contributed by atoms with E-state index in [-0.39, 0.29) is 0 Å². The van der Waals surface area contributed by atoms with E-state index in [4.69, 9.17) is 0 Å². The Labute approximate surface area is 92.3 Å². The molecule has 81 valence electrons. The van der Waals surface area contributed by atoms with Crippen molar-refractivity contribution in [3.05, 3.63) is 35.4 Å². The highest BCUT2D eigenvalue weighted by Gasteiger charge is 2.11. The smallest absolute Gasteiger partial charge is 0.0243 e. The summed E-state index contributed by atoms with van der Waals surface area (Å²) >= 11 is 0. The number of rotatable bonds is 3. The molecule has 0 unspecified atom stereocenters. The van der Waals surface area contributed by atoms with Crippen LogP contribution in [0.2, 0.25) is 0 Å². The van der Waals surface area contributed by atoms with Crippen molar-refractivity contribution < 1.29 is 0 Å². The average molecular weight is 203 g/mol. The van der Waals surface area contributed by atoms with Crippen LogP contribution >= 0.6 is 0 Å². The van der Waals surface area contributed by atoms with Crippen LogP contribution in [-0.2, 0) is 13.0 Å². The Kier molecular flexibility index (Phi) is 3.75. The minimum absolute atomic E-state index is 1.06. The van der Waals surface area contributed by atoms with Gasteiger partial charge in [-0.2, -0.15) is 0 Å². The van der Waals surface area contributed by atoms with Gasteiger partial charge in [-0.3, -0.25) is 4.90 Å². The van der Waals surface area contributed by atoms with Crippen LogP contribution in [0.15, 0.2) is 18.2 Å². The molecule has 1 aromatic carbocycles. The van der Waals surface area contributed by atoms with E-state index in [2.05, 4.69) is 35.3 Å². The minimum Gasteiger partial charge on any atom is -0.314 e. The van der Waals surface area contributed by atoms with Crippen molar-refractivity contribution in [2.45, 2.75) is 19.9 Å². The lowest BCUT2D eigenvalue weighted by Crippen LogP contribution is -2.43. The lowest BCUT2D eigenvalue weighted by Gasteiger charge is -2.27. The van der Waals surface area contributed by atoms with Gasteiger partial charge < -0.3 is 5.32 Å². The highest BCUT2D eigenvalue weighted by Crippen LogP contribution is 2.11. The summed E-state index contributed by atoms with van der Waals surface area (Å²) in [5.74, 6) is 0. The van der Waals surface area contributed by atoms with Gasteiger partial charge in [0.2, 0.25) is 0 Å². The molecule has 2 nitrogen and oxygen atoms in total. The number of nitrogens with one attached hydrogen (secondary N) is 1. The third-order valence-corrected chi connectivity index (χ3v) is 3.01. The minimum atomic E-state index is 1.06. The summed E-state index contributed by atoms with van der Waals surface area (Å²) in [7, 11) is 0. The molecule has 0 bridgehead atoms. The molecule has 1 aromatic rings. The van der Waals surface area contributed by atoms with Crippen LogP contribution in [0, 0.1) is 6.07 Å². The standard InChI is InChI=1S/C13H19N2/c1-2-12-5-3-4-6-13(12)11-15-9-7-14-8-10-15/h3-5,14H,2,7-11H2,1H3. The molecule has 0 aliphatic carbocycles. The largest absolute Gasteiger partial charge is 0.314 e. The maximum Gasteiger partial charge on any atom is 0.0243 e. The van der Waals surface area contributed by atoms with Gasteiger partial charge in [0.25, 0.3) is 0 Å². The molecule has 1 aliphatic heterocycles. The number of aryl methyl sites for hydroxylation is 1.